The third-order valence-corrected chi connectivity index (χ3v) is 3.70. The van der Waals surface area contributed by atoms with Crippen molar-refractivity contribution in [3.05, 3.63) is 54.1 Å². The summed E-state index contributed by atoms with van der Waals surface area (Å²) in [6, 6.07) is 3.40. The second-order valence-electron chi connectivity index (χ2n) is 5.34. The highest BCUT2D eigenvalue weighted by atomic mass is 19.1. The van der Waals surface area contributed by atoms with Gasteiger partial charge in [-0.1, -0.05) is 0 Å². The molecule has 1 aliphatic carbocycles. The summed E-state index contributed by atoms with van der Waals surface area (Å²) < 4.78 is 28.4. The molecule has 0 radical (unpaired) electrons. The number of carbonyl (C=O) groups excluding carboxylic acids is 1. The van der Waals surface area contributed by atoms with Crippen molar-refractivity contribution in [2.24, 2.45) is 0 Å². The monoisotopic (exact) mass is 291 g/mol. The van der Waals surface area contributed by atoms with Crippen LogP contribution in [0.2, 0.25) is 0 Å². The fourth-order valence-corrected chi connectivity index (χ4v) is 2.42. The smallest absolute Gasteiger partial charge is 0.222 e. The van der Waals surface area contributed by atoms with Crippen LogP contribution in [0, 0.1) is 11.6 Å². The van der Waals surface area contributed by atoms with Gasteiger partial charge in [-0.2, -0.15) is 0 Å². The van der Waals surface area contributed by atoms with Gasteiger partial charge in [-0.05, 0) is 30.5 Å². The van der Waals surface area contributed by atoms with E-state index in [2.05, 4.69) is 10.3 Å². The lowest BCUT2D eigenvalue weighted by Gasteiger charge is -2.18. The third kappa shape index (κ3) is 3.09. The minimum absolute atomic E-state index is 0.133. The Morgan fingerprint density at radius 3 is 2.57 bits per heavy atom. The maximum Gasteiger partial charge on any atom is 0.222 e. The van der Waals surface area contributed by atoms with E-state index in [0.717, 1.165) is 6.07 Å². The number of aromatic nitrogens is 2. The topological polar surface area (TPSA) is 46.9 Å². The first kappa shape index (κ1) is 13.7. The molecule has 1 N–H and O–H groups in total. The number of rotatable bonds is 5. The van der Waals surface area contributed by atoms with Crippen LogP contribution in [0.5, 0.6) is 0 Å². The summed E-state index contributed by atoms with van der Waals surface area (Å²) in [6.45, 7) is 0.527. The third-order valence-electron chi connectivity index (χ3n) is 3.70. The van der Waals surface area contributed by atoms with Gasteiger partial charge in [0.05, 0.1) is 11.9 Å². The highest BCUT2D eigenvalue weighted by Crippen LogP contribution is 2.45. The minimum atomic E-state index is -0.621. The Hall–Kier alpha value is -2.24. The van der Waals surface area contributed by atoms with Gasteiger partial charge in [0.1, 0.15) is 11.6 Å². The van der Waals surface area contributed by atoms with Crippen molar-refractivity contribution < 1.29 is 13.6 Å². The molecule has 0 saturated heterocycles. The maximum absolute atomic E-state index is 13.3. The van der Waals surface area contributed by atoms with Crippen LogP contribution < -0.4 is 5.32 Å². The molecule has 0 aliphatic heterocycles. The van der Waals surface area contributed by atoms with Crippen molar-refractivity contribution in [2.45, 2.75) is 31.3 Å². The lowest BCUT2D eigenvalue weighted by atomic mass is 10.0. The van der Waals surface area contributed by atoms with Crippen molar-refractivity contribution in [3.63, 3.8) is 0 Å². The first-order valence-electron chi connectivity index (χ1n) is 6.81. The molecular formula is C15H15F2N3O. The average molecular weight is 291 g/mol. The molecule has 4 nitrogen and oxygen atoms in total. The zero-order chi connectivity index (χ0) is 14.9. The fourth-order valence-electron chi connectivity index (χ4n) is 2.42. The van der Waals surface area contributed by atoms with Gasteiger partial charge in [0.15, 0.2) is 0 Å². The Labute approximate surface area is 120 Å². The fraction of sp³-hybridized carbons (Fsp3) is 0.333. The number of hydrogen-bond acceptors (Lipinski definition) is 2. The van der Waals surface area contributed by atoms with Gasteiger partial charge < -0.3 is 9.88 Å². The van der Waals surface area contributed by atoms with Crippen molar-refractivity contribution in [1.29, 1.82) is 0 Å². The van der Waals surface area contributed by atoms with Gasteiger partial charge in [-0.25, -0.2) is 13.8 Å². The molecule has 1 saturated carbocycles. The molecule has 2 aromatic rings. The number of benzene rings is 1. The van der Waals surface area contributed by atoms with E-state index >= 15 is 0 Å². The first-order valence-corrected chi connectivity index (χ1v) is 6.81. The lowest BCUT2D eigenvalue weighted by molar-refractivity contribution is -0.122. The molecule has 1 aromatic heterocycles. The second kappa shape index (κ2) is 5.27. The molecule has 6 heteroatoms. The predicted molar refractivity (Wildman–Crippen MR) is 72.3 cm³/mol. The number of nitrogens with zero attached hydrogens (tertiary/aromatic N) is 2. The molecule has 1 aliphatic rings. The van der Waals surface area contributed by atoms with E-state index in [1.165, 1.54) is 12.1 Å². The number of aryl methyl sites for hydroxylation is 1. The molecule has 0 unspecified atom stereocenters. The molecule has 0 spiro atoms. The van der Waals surface area contributed by atoms with Crippen molar-refractivity contribution in [2.75, 3.05) is 0 Å². The summed E-state index contributed by atoms with van der Waals surface area (Å²) in [7, 11) is 0. The van der Waals surface area contributed by atoms with Crippen molar-refractivity contribution in [3.8, 4) is 0 Å². The van der Waals surface area contributed by atoms with Gasteiger partial charge in [0, 0.05) is 31.4 Å². The summed E-state index contributed by atoms with van der Waals surface area (Å²) in [4.78, 5) is 15.9. The molecule has 1 heterocycles. The van der Waals surface area contributed by atoms with Crippen LogP contribution in [0.1, 0.15) is 24.8 Å². The van der Waals surface area contributed by atoms with Gasteiger partial charge in [0.2, 0.25) is 5.91 Å². The average Bonchev–Trinajstić information content (AvgIpc) is 3.01. The Morgan fingerprint density at radius 1 is 1.29 bits per heavy atom. The summed E-state index contributed by atoms with van der Waals surface area (Å²) in [5.41, 5.74) is -0.106. The summed E-state index contributed by atoms with van der Waals surface area (Å²) in [5, 5.41) is 2.89. The number of hydrogen-bond donors (Lipinski definition) is 1. The molecule has 0 atom stereocenters. The van der Waals surface area contributed by atoms with E-state index in [1.807, 2.05) is 0 Å². The first-order chi connectivity index (χ1) is 10.1. The van der Waals surface area contributed by atoms with Crippen LogP contribution in [0.4, 0.5) is 8.78 Å². The highest BCUT2D eigenvalue weighted by Gasteiger charge is 2.45. The van der Waals surface area contributed by atoms with Crippen LogP contribution in [-0.2, 0) is 16.9 Å². The van der Waals surface area contributed by atoms with E-state index in [4.69, 9.17) is 0 Å². The predicted octanol–water partition coefficient (Wildman–Crippen LogP) is 2.36. The molecule has 1 aromatic carbocycles. The minimum Gasteiger partial charge on any atom is -0.347 e. The van der Waals surface area contributed by atoms with E-state index in [-0.39, 0.29) is 5.91 Å². The maximum atomic E-state index is 13.3. The van der Waals surface area contributed by atoms with Crippen LogP contribution in [0.15, 0.2) is 36.9 Å². The Kier molecular flexibility index (Phi) is 3.45. The molecule has 0 bridgehead atoms. The number of halogens is 2. The SMILES string of the molecule is O=C(CCn1ccnc1)NC1(c2cc(F)cc(F)c2)CC1. The van der Waals surface area contributed by atoms with Crippen LogP contribution >= 0.6 is 0 Å². The van der Waals surface area contributed by atoms with Gasteiger partial charge >= 0.3 is 0 Å². The summed E-state index contributed by atoms with van der Waals surface area (Å²) in [5.74, 6) is -1.38. The number of imidazole rings is 1. The van der Waals surface area contributed by atoms with Crippen LogP contribution in [0.25, 0.3) is 0 Å². The molecule has 21 heavy (non-hydrogen) atoms. The largest absolute Gasteiger partial charge is 0.347 e. The van der Waals surface area contributed by atoms with Gasteiger partial charge in [0.25, 0.3) is 0 Å². The molecule has 1 amide bonds. The number of carbonyl (C=O) groups is 1. The lowest BCUT2D eigenvalue weighted by Crippen LogP contribution is -2.35. The van der Waals surface area contributed by atoms with Gasteiger partial charge in [-0.15, -0.1) is 0 Å². The summed E-state index contributed by atoms with van der Waals surface area (Å²) >= 11 is 0. The molecule has 1 fully saturated rings. The van der Waals surface area contributed by atoms with Gasteiger partial charge in [-0.3, -0.25) is 4.79 Å². The van der Waals surface area contributed by atoms with E-state index in [9.17, 15) is 13.6 Å². The molecule has 110 valence electrons. The second-order valence-corrected chi connectivity index (χ2v) is 5.34. The van der Waals surface area contributed by atoms with Crippen LogP contribution in [-0.4, -0.2) is 15.5 Å². The molecular weight excluding hydrogens is 276 g/mol. The number of amides is 1. The Morgan fingerprint density at radius 2 is 2.00 bits per heavy atom. The van der Waals surface area contributed by atoms with Crippen LogP contribution in [0.3, 0.4) is 0 Å². The standard InChI is InChI=1S/C15H15F2N3O/c16-12-7-11(8-13(17)9-12)15(2-3-15)19-14(21)1-5-20-6-4-18-10-20/h4,6-10H,1-3,5H2,(H,19,21). The summed E-state index contributed by atoms with van der Waals surface area (Å²) in [6.07, 6.45) is 6.77. The van der Waals surface area contributed by atoms with Crippen molar-refractivity contribution in [1.82, 2.24) is 14.9 Å². The van der Waals surface area contributed by atoms with E-state index in [0.29, 0.717) is 31.4 Å². The van der Waals surface area contributed by atoms with Crippen molar-refractivity contribution >= 4 is 5.91 Å². The molecule has 3 rings (SSSR count). The van der Waals surface area contributed by atoms with E-state index in [1.54, 1.807) is 23.3 Å². The Balaban J connectivity index is 1.64. The number of nitrogens with one attached hydrogen (secondary N) is 1. The highest BCUT2D eigenvalue weighted by molar-refractivity contribution is 5.77. The quantitative estimate of drug-likeness (QED) is 0.919. The normalized spacial score (nSPS) is 15.7. The zero-order valence-electron chi connectivity index (χ0n) is 11.4. The Bertz CT molecular complexity index is 631. The van der Waals surface area contributed by atoms with E-state index < -0.39 is 17.2 Å². The zero-order valence-corrected chi connectivity index (χ0v) is 11.4.